The SMILES string of the molecule is O=C(c1n[nH]c2c1CCNC2)N1CCC(c2cc(C(F)(F)F)cc(C(F)(F)F)c2)CC1. The molecule has 168 valence electrons. The van der Waals surface area contributed by atoms with Crippen LogP contribution in [0, 0.1) is 0 Å². The number of rotatable bonds is 2. The Hall–Kier alpha value is -2.56. The molecule has 5 nitrogen and oxygen atoms in total. The van der Waals surface area contributed by atoms with Gasteiger partial charge in [-0.3, -0.25) is 9.89 Å². The van der Waals surface area contributed by atoms with E-state index in [-0.39, 0.29) is 43.5 Å². The molecule has 1 aromatic heterocycles. The first-order valence-corrected chi connectivity index (χ1v) is 9.89. The van der Waals surface area contributed by atoms with E-state index < -0.39 is 29.4 Å². The van der Waals surface area contributed by atoms with E-state index >= 15 is 0 Å². The molecule has 0 atom stereocenters. The average molecular weight is 446 g/mol. The van der Waals surface area contributed by atoms with Gasteiger partial charge in [0.25, 0.3) is 5.91 Å². The maximum absolute atomic E-state index is 13.1. The number of nitrogens with zero attached hydrogens (tertiary/aromatic N) is 2. The van der Waals surface area contributed by atoms with Gasteiger partial charge >= 0.3 is 12.4 Å². The van der Waals surface area contributed by atoms with E-state index in [2.05, 4.69) is 15.5 Å². The lowest BCUT2D eigenvalue weighted by Gasteiger charge is -2.32. The molecule has 11 heteroatoms. The number of fused-ring (bicyclic) bond motifs is 1. The summed E-state index contributed by atoms with van der Waals surface area (Å²) in [5, 5.41) is 10.1. The van der Waals surface area contributed by atoms with Crippen LogP contribution in [0.5, 0.6) is 0 Å². The van der Waals surface area contributed by atoms with Crippen molar-refractivity contribution in [3.8, 4) is 0 Å². The van der Waals surface area contributed by atoms with Crippen LogP contribution < -0.4 is 5.32 Å². The lowest BCUT2D eigenvalue weighted by Crippen LogP contribution is -2.39. The number of carbonyl (C=O) groups is 1. The molecule has 31 heavy (non-hydrogen) atoms. The third-order valence-corrected chi connectivity index (χ3v) is 5.87. The summed E-state index contributed by atoms with van der Waals surface area (Å²) in [7, 11) is 0. The number of halogens is 6. The van der Waals surface area contributed by atoms with Gasteiger partial charge in [0.05, 0.1) is 16.8 Å². The van der Waals surface area contributed by atoms with E-state index in [0.717, 1.165) is 29.9 Å². The molecule has 0 unspecified atom stereocenters. The first kappa shape index (κ1) is 21.7. The monoisotopic (exact) mass is 446 g/mol. The summed E-state index contributed by atoms with van der Waals surface area (Å²) in [6.07, 6.45) is -8.54. The normalized spacial score (nSPS) is 18.2. The second-order valence-electron chi connectivity index (χ2n) is 7.86. The fraction of sp³-hybridized carbons (Fsp3) is 0.500. The van der Waals surface area contributed by atoms with Crippen LogP contribution in [0.1, 0.15) is 57.2 Å². The third-order valence-electron chi connectivity index (χ3n) is 5.87. The van der Waals surface area contributed by atoms with Crippen LogP contribution in [-0.2, 0) is 25.3 Å². The summed E-state index contributed by atoms with van der Waals surface area (Å²) in [6.45, 7) is 1.79. The zero-order chi connectivity index (χ0) is 22.4. The Balaban J connectivity index is 1.51. The number of hydrogen-bond acceptors (Lipinski definition) is 3. The largest absolute Gasteiger partial charge is 0.416 e. The minimum atomic E-state index is -4.87. The number of H-pyrrole nitrogens is 1. The van der Waals surface area contributed by atoms with Crippen molar-refractivity contribution in [2.75, 3.05) is 19.6 Å². The second-order valence-corrected chi connectivity index (χ2v) is 7.86. The fourth-order valence-corrected chi connectivity index (χ4v) is 4.20. The van der Waals surface area contributed by atoms with Crippen LogP contribution in [0.3, 0.4) is 0 Å². The molecular weight excluding hydrogens is 426 g/mol. The highest BCUT2D eigenvalue weighted by Gasteiger charge is 2.38. The molecule has 0 saturated carbocycles. The summed E-state index contributed by atoms with van der Waals surface area (Å²) in [4.78, 5) is 14.4. The van der Waals surface area contributed by atoms with Gasteiger partial charge < -0.3 is 10.2 Å². The van der Waals surface area contributed by atoms with E-state index in [1.807, 2.05) is 0 Å². The van der Waals surface area contributed by atoms with Gasteiger partial charge in [0.1, 0.15) is 0 Å². The quantitative estimate of drug-likeness (QED) is 0.683. The van der Waals surface area contributed by atoms with Crippen molar-refractivity contribution < 1.29 is 31.1 Å². The smallest absolute Gasteiger partial charge is 0.337 e. The Morgan fingerprint density at radius 3 is 2.19 bits per heavy atom. The Morgan fingerprint density at radius 1 is 1.00 bits per heavy atom. The molecule has 1 saturated heterocycles. The van der Waals surface area contributed by atoms with Crippen molar-refractivity contribution in [3.63, 3.8) is 0 Å². The Kier molecular flexibility index (Phi) is 5.48. The molecule has 1 fully saturated rings. The zero-order valence-corrected chi connectivity index (χ0v) is 16.3. The van der Waals surface area contributed by atoms with Crippen LogP contribution in [0.4, 0.5) is 26.3 Å². The zero-order valence-electron chi connectivity index (χ0n) is 16.3. The molecule has 0 aliphatic carbocycles. The minimum Gasteiger partial charge on any atom is -0.337 e. The van der Waals surface area contributed by atoms with Crippen LogP contribution >= 0.6 is 0 Å². The van der Waals surface area contributed by atoms with Gasteiger partial charge in [0.15, 0.2) is 5.69 Å². The van der Waals surface area contributed by atoms with Crippen LogP contribution in [-0.4, -0.2) is 40.6 Å². The topological polar surface area (TPSA) is 61.0 Å². The molecule has 2 aromatic rings. The number of likely N-dealkylation sites (tertiary alicyclic amines) is 1. The number of alkyl halides is 6. The Morgan fingerprint density at radius 2 is 1.61 bits per heavy atom. The van der Waals surface area contributed by atoms with Gasteiger partial charge in [-0.1, -0.05) is 0 Å². The summed E-state index contributed by atoms with van der Waals surface area (Å²) >= 11 is 0. The molecule has 2 N–H and O–H groups in total. The van der Waals surface area contributed by atoms with E-state index in [1.165, 1.54) is 0 Å². The number of hydrogen-bond donors (Lipinski definition) is 2. The number of nitrogens with one attached hydrogen (secondary N) is 2. The second kappa shape index (κ2) is 7.85. The van der Waals surface area contributed by atoms with Crippen molar-refractivity contribution in [3.05, 3.63) is 51.8 Å². The molecule has 2 aliphatic rings. The number of benzene rings is 1. The number of piperidine rings is 1. The fourth-order valence-electron chi connectivity index (χ4n) is 4.20. The molecule has 0 radical (unpaired) electrons. The summed E-state index contributed by atoms with van der Waals surface area (Å²) in [5.74, 6) is -0.761. The number of aromatic amines is 1. The first-order valence-electron chi connectivity index (χ1n) is 9.89. The van der Waals surface area contributed by atoms with Crippen molar-refractivity contribution in [2.24, 2.45) is 0 Å². The molecule has 3 heterocycles. The average Bonchev–Trinajstić information content (AvgIpc) is 3.16. The number of amides is 1. The predicted molar refractivity (Wildman–Crippen MR) is 98.3 cm³/mol. The molecule has 4 rings (SSSR count). The van der Waals surface area contributed by atoms with Crippen molar-refractivity contribution in [1.82, 2.24) is 20.4 Å². The lowest BCUT2D eigenvalue weighted by atomic mass is 9.87. The lowest BCUT2D eigenvalue weighted by molar-refractivity contribution is -0.143. The van der Waals surface area contributed by atoms with E-state index in [1.54, 1.807) is 4.90 Å². The number of carbonyl (C=O) groups excluding carboxylic acids is 1. The molecule has 1 aromatic carbocycles. The summed E-state index contributed by atoms with van der Waals surface area (Å²) < 4.78 is 78.8. The maximum Gasteiger partial charge on any atom is 0.416 e. The van der Waals surface area contributed by atoms with Crippen molar-refractivity contribution >= 4 is 5.91 Å². The standard InChI is InChI=1S/C20H20F6N4O/c21-19(22,23)13-7-12(8-14(9-13)20(24,25)26)11-2-5-30(6-3-11)18(31)17-15-1-4-27-10-16(15)28-29-17/h7-9,11,27H,1-6,10H2,(H,28,29). The van der Waals surface area contributed by atoms with Crippen LogP contribution in [0.15, 0.2) is 18.2 Å². The Labute approximate surface area is 173 Å². The molecular formula is C20H20F6N4O. The van der Waals surface area contributed by atoms with Gasteiger partial charge in [-0.15, -0.1) is 0 Å². The summed E-state index contributed by atoms with van der Waals surface area (Å²) in [6, 6.07) is 1.71. The van der Waals surface area contributed by atoms with Gasteiger partial charge in [-0.25, -0.2) is 0 Å². The molecule has 0 bridgehead atoms. The van der Waals surface area contributed by atoms with E-state index in [4.69, 9.17) is 0 Å². The number of aromatic nitrogens is 2. The van der Waals surface area contributed by atoms with Gasteiger partial charge in [-0.05, 0) is 55.5 Å². The minimum absolute atomic E-state index is 0.00234. The third kappa shape index (κ3) is 4.41. The van der Waals surface area contributed by atoms with Gasteiger partial charge in [-0.2, -0.15) is 31.4 Å². The molecule has 2 aliphatic heterocycles. The van der Waals surface area contributed by atoms with Gasteiger partial charge in [0, 0.05) is 25.2 Å². The van der Waals surface area contributed by atoms with Crippen molar-refractivity contribution in [1.29, 1.82) is 0 Å². The Bertz CT molecular complexity index is 941. The highest BCUT2D eigenvalue weighted by Crippen LogP contribution is 2.39. The van der Waals surface area contributed by atoms with E-state index in [0.29, 0.717) is 18.7 Å². The first-order chi connectivity index (χ1) is 14.5. The maximum atomic E-state index is 13.1. The molecule has 0 spiro atoms. The van der Waals surface area contributed by atoms with Gasteiger partial charge in [0.2, 0.25) is 0 Å². The summed E-state index contributed by atoms with van der Waals surface area (Å²) in [5.41, 5.74) is -0.572. The predicted octanol–water partition coefficient (Wildman–Crippen LogP) is 4.11. The van der Waals surface area contributed by atoms with Crippen molar-refractivity contribution in [2.45, 2.75) is 44.1 Å². The molecule has 1 amide bonds. The van der Waals surface area contributed by atoms with Crippen LogP contribution in [0.25, 0.3) is 0 Å². The van der Waals surface area contributed by atoms with Crippen LogP contribution in [0.2, 0.25) is 0 Å². The van der Waals surface area contributed by atoms with E-state index in [9.17, 15) is 31.1 Å². The highest BCUT2D eigenvalue weighted by molar-refractivity contribution is 5.94. The highest BCUT2D eigenvalue weighted by atomic mass is 19.4.